The second-order valence-electron chi connectivity index (χ2n) is 12.0. The fourth-order valence-corrected chi connectivity index (χ4v) is 7.09. The van der Waals surface area contributed by atoms with Crippen molar-refractivity contribution < 1.29 is 4.39 Å². The van der Waals surface area contributed by atoms with Gasteiger partial charge >= 0.3 is 0 Å². The van der Waals surface area contributed by atoms with Crippen molar-refractivity contribution in [2.45, 2.75) is 69.1 Å². The smallest absolute Gasteiger partial charge is 0.152 e. The van der Waals surface area contributed by atoms with E-state index in [4.69, 9.17) is 4.98 Å². The molecule has 9 rings (SSSR count). The van der Waals surface area contributed by atoms with Crippen molar-refractivity contribution in [1.82, 2.24) is 30.6 Å². The van der Waals surface area contributed by atoms with E-state index in [-0.39, 0.29) is 11.9 Å². The van der Waals surface area contributed by atoms with E-state index in [9.17, 15) is 4.39 Å². The summed E-state index contributed by atoms with van der Waals surface area (Å²) in [5, 5.41) is 7.35. The van der Waals surface area contributed by atoms with Crippen molar-refractivity contribution in [2.75, 3.05) is 0 Å². The fraction of sp³-hybridized carbons (Fsp3) is 0.419. The molecule has 6 nitrogen and oxygen atoms in total. The molecule has 2 unspecified atom stereocenters. The van der Waals surface area contributed by atoms with Crippen LogP contribution in [0.3, 0.4) is 0 Å². The van der Waals surface area contributed by atoms with Crippen LogP contribution in [0.5, 0.6) is 0 Å². The van der Waals surface area contributed by atoms with Crippen molar-refractivity contribution >= 4 is 11.0 Å². The van der Waals surface area contributed by atoms with Gasteiger partial charge in [-0.15, -0.1) is 0 Å². The number of nitrogens with zero attached hydrogens (tertiary/aromatic N) is 2. The lowest BCUT2D eigenvalue weighted by atomic mass is 9.91. The second-order valence-corrected chi connectivity index (χ2v) is 12.0. The van der Waals surface area contributed by atoms with Gasteiger partial charge in [-0.2, -0.15) is 0 Å². The van der Waals surface area contributed by atoms with Crippen LogP contribution in [-0.4, -0.2) is 32.0 Å². The minimum absolute atomic E-state index is 0.200. The Bertz CT molecular complexity index is 1680. The van der Waals surface area contributed by atoms with E-state index in [1.54, 1.807) is 0 Å². The Hall–Kier alpha value is -3.47. The summed E-state index contributed by atoms with van der Waals surface area (Å²) >= 11 is 0. The molecule has 4 aromatic rings. The first-order valence-electron chi connectivity index (χ1n) is 14.1. The second kappa shape index (κ2) is 7.78. The van der Waals surface area contributed by atoms with Crippen molar-refractivity contribution in [3.05, 3.63) is 70.2 Å². The van der Waals surface area contributed by atoms with Gasteiger partial charge in [0.25, 0.3) is 0 Å². The molecule has 4 fully saturated rings. The number of benzene rings is 2. The van der Waals surface area contributed by atoms with E-state index in [0.717, 1.165) is 54.0 Å². The van der Waals surface area contributed by atoms with Gasteiger partial charge in [0.05, 0.1) is 29.0 Å². The highest BCUT2D eigenvalue weighted by atomic mass is 19.1. The van der Waals surface area contributed by atoms with Gasteiger partial charge in [0.2, 0.25) is 0 Å². The third-order valence-electron chi connectivity index (χ3n) is 9.41. The normalized spacial score (nSPS) is 30.1. The van der Waals surface area contributed by atoms with Crippen LogP contribution >= 0.6 is 0 Å². The minimum atomic E-state index is -0.324. The van der Waals surface area contributed by atoms with Crippen LogP contribution in [0.25, 0.3) is 22.3 Å². The SMILES string of the molecule is Fc1cc(C#Cc2ccc3c(c2)CCc2nc([C@@H]4CC[C@H]5C[C@H]5N4)[nH]c2-3)cc2[nH]c([C@@H]3CC4CC4N3)nc12. The van der Waals surface area contributed by atoms with Crippen LogP contribution in [0, 0.1) is 29.5 Å². The van der Waals surface area contributed by atoms with Crippen LogP contribution in [-0.2, 0) is 12.8 Å². The Labute approximate surface area is 220 Å². The lowest BCUT2D eigenvalue weighted by molar-refractivity contribution is 0.389. The summed E-state index contributed by atoms with van der Waals surface area (Å²) in [6.45, 7) is 0. The third-order valence-corrected chi connectivity index (χ3v) is 9.41. The molecule has 2 saturated heterocycles. The molecule has 5 aliphatic rings. The number of piperidine rings is 2. The van der Waals surface area contributed by atoms with E-state index in [0.29, 0.717) is 34.7 Å². The van der Waals surface area contributed by atoms with Crippen molar-refractivity contribution in [1.29, 1.82) is 0 Å². The highest BCUT2D eigenvalue weighted by Gasteiger charge is 2.47. The molecule has 7 heteroatoms. The largest absolute Gasteiger partial charge is 0.341 e. The van der Waals surface area contributed by atoms with Gasteiger partial charge in [0, 0.05) is 28.8 Å². The lowest BCUT2D eigenvalue weighted by Gasteiger charge is -2.21. The molecular formula is C31H29FN6. The van der Waals surface area contributed by atoms with E-state index in [2.05, 4.69) is 55.6 Å². The van der Waals surface area contributed by atoms with Crippen LogP contribution in [0.1, 0.15) is 78.2 Å². The van der Waals surface area contributed by atoms with E-state index < -0.39 is 0 Å². The number of halogens is 1. The lowest BCUT2D eigenvalue weighted by Crippen LogP contribution is -2.29. The third kappa shape index (κ3) is 3.47. The molecule has 4 N–H and O–H groups in total. The number of nitrogens with one attached hydrogen (secondary N) is 4. The summed E-state index contributed by atoms with van der Waals surface area (Å²) < 4.78 is 14.9. The maximum absolute atomic E-state index is 14.9. The monoisotopic (exact) mass is 504 g/mol. The minimum Gasteiger partial charge on any atom is -0.341 e. The maximum Gasteiger partial charge on any atom is 0.152 e. The Morgan fingerprint density at radius 1 is 0.789 bits per heavy atom. The highest BCUT2D eigenvalue weighted by molar-refractivity contribution is 5.78. The quantitative estimate of drug-likeness (QED) is 0.295. The predicted molar refractivity (Wildman–Crippen MR) is 143 cm³/mol. The maximum atomic E-state index is 14.9. The first-order chi connectivity index (χ1) is 18.6. The summed E-state index contributed by atoms with van der Waals surface area (Å²) in [4.78, 5) is 16.6. The standard InChI is InChI=1S/C31H29FN6/c32-21-10-16(11-26-29(21)38-31(36-26)27-14-19-13-25(19)34-27)2-1-15-3-6-20-17(9-15)4-7-22-28(20)37-30(35-22)23-8-5-18-12-24(18)33-23/h3,6,9-11,18-19,23-25,27,33-34H,4-5,7-8,12-14H2,(H,35,37)(H,36,38)/t18-,19?,23-,24+,25?,27-/m0/s1. The molecule has 2 aromatic carbocycles. The number of hydrogen-bond acceptors (Lipinski definition) is 4. The van der Waals surface area contributed by atoms with Crippen LogP contribution in [0.2, 0.25) is 0 Å². The Balaban J connectivity index is 0.981. The van der Waals surface area contributed by atoms with Gasteiger partial charge in [-0.25, -0.2) is 14.4 Å². The number of aromatic amines is 2. The average molecular weight is 505 g/mol. The molecule has 6 atom stereocenters. The Kier molecular flexibility index (Phi) is 4.39. The topological polar surface area (TPSA) is 81.4 Å². The number of aromatic nitrogens is 4. The molecule has 2 aliphatic heterocycles. The van der Waals surface area contributed by atoms with E-state index in [1.165, 1.54) is 48.6 Å². The first-order valence-corrected chi connectivity index (χ1v) is 14.1. The van der Waals surface area contributed by atoms with Crippen molar-refractivity contribution in [3.8, 4) is 23.1 Å². The molecule has 0 amide bonds. The molecule has 4 heterocycles. The first kappa shape index (κ1) is 21.5. The number of aryl methyl sites for hydroxylation is 2. The average Bonchev–Trinajstić information content (AvgIpc) is 3.67. The molecule has 0 spiro atoms. The molecule has 2 aromatic heterocycles. The van der Waals surface area contributed by atoms with Gasteiger partial charge in [-0.1, -0.05) is 17.9 Å². The molecule has 0 radical (unpaired) electrons. The molecule has 190 valence electrons. The summed E-state index contributed by atoms with van der Waals surface area (Å²) in [7, 11) is 0. The predicted octanol–water partition coefficient (Wildman–Crippen LogP) is 4.83. The zero-order valence-corrected chi connectivity index (χ0v) is 21.1. The molecule has 3 aliphatic carbocycles. The molecule has 0 bridgehead atoms. The van der Waals surface area contributed by atoms with Crippen LogP contribution in [0.15, 0.2) is 30.3 Å². The summed E-state index contributed by atoms with van der Waals surface area (Å²) in [5.74, 6) is 9.72. The van der Waals surface area contributed by atoms with Crippen LogP contribution < -0.4 is 10.6 Å². The van der Waals surface area contributed by atoms with Crippen molar-refractivity contribution in [3.63, 3.8) is 0 Å². The van der Waals surface area contributed by atoms with Gasteiger partial charge in [-0.05, 0) is 86.6 Å². The van der Waals surface area contributed by atoms with Crippen molar-refractivity contribution in [2.24, 2.45) is 11.8 Å². The summed E-state index contributed by atoms with van der Waals surface area (Å²) in [6, 6.07) is 11.7. The molecule has 2 saturated carbocycles. The van der Waals surface area contributed by atoms with E-state index in [1.807, 2.05) is 6.07 Å². The number of imidazole rings is 2. The number of fused-ring (bicyclic) bond motifs is 6. The Morgan fingerprint density at radius 3 is 2.53 bits per heavy atom. The number of H-pyrrole nitrogens is 2. The van der Waals surface area contributed by atoms with Gasteiger partial charge in [0.15, 0.2) is 5.82 Å². The van der Waals surface area contributed by atoms with Gasteiger partial charge in [-0.3, -0.25) is 0 Å². The summed E-state index contributed by atoms with van der Waals surface area (Å²) in [5.41, 5.74) is 7.58. The number of hydrogen-bond donors (Lipinski definition) is 4. The zero-order valence-electron chi connectivity index (χ0n) is 21.1. The molecule has 38 heavy (non-hydrogen) atoms. The fourth-order valence-electron chi connectivity index (χ4n) is 7.09. The Morgan fingerprint density at radius 2 is 1.63 bits per heavy atom. The van der Waals surface area contributed by atoms with Gasteiger partial charge in [0.1, 0.15) is 17.2 Å². The zero-order chi connectivity index (χ0) is 25.0. The summed E-state index contributed by atoms with van der Waals surface area (Å²) in [6.07, 6.45) is 8.04. The van der Waals surface area contributed by atoms with Gasteiger partial charge < -0.3 is 20.6 Å². The molecular weight excluding hydrogens is 475 g/mol. The number of rotatable bonds is 2. The highest BCUT2D eigenvalue weighted by Crippen LogP contribution is 2.46. The van der Waals surface area contributed by atoms with E-state index >= 15 is 0 Å². The van der Waals surface area contributed by atoms with Crippen LogP contribution in [0.4, 0.5) is 4.39 Å².